The summed E-state index contributed by atoms with van der Waals surface area (Å²) in [6.07, 6.45) is 1.40. The zero-order valence-corrected chi connectivity index (χ0v) is 18.3. The zero-order valence-electron chi connectivity index (χ0n) is 17.4. The Morgan fingerprint density at radius 1 is 0.871 bits per heavy atom. The van der Waals surface area contributed by atoms with Gasteiger partial charge < -0.3 is 0 Å². The maximum atomic E-state index is 12.8. The van der Waals surface area contributed by atoms with Crippen LogP contribution in [0.3, 0.4) is 0 Å². The number of benzene rings is 3. The van der Waals surface area contributed by atoms with Crippen molar-refractivity contribution in [2.45, 2.75) is 42.7 Å². The number of hydrogen-bond donors (Lipinski definition) is 0. The van der Waals surface area contributed by atoms with Crippen molar-refractivity contribution in [2.24, 2.45) is 5.92 Å². The Bertz CT molecular complexity index is 1130. The van der Waals surface area contributed by atoms with E-state index in [4.69, 9.17) is 10.8 Å². The molecule has 0 aromatic heterocycles. The minimum absolute atomic E-state index is 0.0481. The van der Waals surface area contributed by atoms with Gasteiger partial charge in [0.15, 0.2) is 0 Å². The Morgan fingerprint density at radius 2 is 1.42 bits per heavy atom. The Balaban J connectivity index is 1.64. The van der Waals surface area contributed by atoms with Gasteiger partial charge in [0.25, 0.3) is 15.7 Å². The second-order valence-electron chi connectivity index (χ2n) is 8.11. The van der Waals surface area contributed by atoms with Crippen LogP contribution in [0.15, 0.2) is 89.8 Å². The average molecular weight is 432 g/mol. The summed E-state index contributed by atoms with van der Waals surface area (Å²) in [6.45, 7) is 10.1. The third-order valence-electron chi connectivity index (χ3n) is 6.15. The predicted molar refractivity (Wildman–Crippen MR) is 121 cm³/mol. The molecule has 31 heavy (non-hydrogen) atoms. The van der Waals surface area contributed by atoms with Crippen molar-refractivity contribution in [1.82, 2.24) is 0 Å². The lowest BCUT2D eigenvalue weighted by Crippen LogP contribution is -2.32. The Kier molecular flexibility index (Phi) is 5.95. The van der Waals surface area contributed by atoms with Gasteiger partial charge in [-0.05, 0) is 38.3 Å². The lowest BCUT2D eigenvalue weighted by Gasteiger charge is -2.29. The van der Waals surface area contributed by atoms with E-state index in [0.717, 1.165) is 23.1 Å². The summed E-state index contributed by atoms with van der Waals surface area (Å²) >= 11 is 0. The molecule has 158 valence electrons. The predicted octanol–water partition coefficient (Wildman–Crippen LogP) is 5.73. The van der Waals surface area contributed by atoms with E-state index in [9.17, 15) is 8.42 Å². The van der Waals surface area contributed by atoms with Crippen molar-refractivity contribution in [3.8, 4) is 0 Å². The maximum absolute atomic E-state index is 12.8. The second kappa shape index (κ2) is 8.66. The molecule has 0 saturated heterocycles. The van der Waals surface area contributed by atoms with Crippen molar-refractivity contribution in [2.75, 3.05) is 0 Å². The van der Waals surface area contributed by atoms with Gasteiger partial charge in [0.05, 0.1) is 11.0 Å². The van der Waals surface area contributed by atoms with E-state index in [2.05, 4.69) is 4.85 Å². The third kappa shape index (κ3) is 4.14. The van der Waals surface area contributed by atoms with Gasteiger partial charge >= 0.3 is 0 Å². The average Bonchev–Trinajstić information content (AvgIpc) is 3.24. The molecule has 1 fully saturated rings. The first-order valence-electron chi connectivity index (χ1n) is 10.5. The summed E-state index contributed by atoms with van der Waals surface area (Å²) in [6, 6.07) is 26.3. The van der Waals surface area contributed by atoms with Crippen molar-refractivity contribution < 1.29 is 12.6 Å². The van der Waals surface area contributed by atoms with Crippen LogP contribution >= 0.6 is 0 Å². The Hall–Kier alpha value is -2.94. The van der Waals surface area contributed by atoms with Gasteiger partial charge in [-0.2, -0.15) is 8.42 Å². The molecule has 3 aromatic carbocycles. The fourth-order valence-corrected chi connectivity index (χ4v) is 5.70. The van der Waals surface area contributed by atoms with Crippen molar-refractivity contribution in [1.29, 1.82) is 0 Å². The van der Waals surface area contributed by atoms with Crippen LogP contribution < -0.4 is 0 Å². The topological polar surface area (TPSA) is 47.7 Å². The van der Waals surface area contributed by atoms with E-state index < -0.39 is 21.8 Å². The molecule has 4 nitrogen and oxygen atoms in total. The lowest BCUT2D eigenvalue weighted by molar-refractivity contribution is 0.205. The van der Waals surface area contributed by atoms with E-state index in [-0.39, 0.29) is 10.8 Å². The fourth-order valence-electron chi connectivity index (χ4n) is 4.59. The van der Waals surface area contributed by atoms with Crippen LogP contribution in [0, 0.1) is 19.4 Å². The fraction of sp³-hybridized carbons (Fsp3) is 0.269. The Labute approximate surface area is 184 Å². The molecular formula is C26H25NO3S. The first-order chi connectivity index (χ1) is 15.0. The van der Waals surface area contributed by atoms with Crippen LogP contribution in [0.4, 0.5) is 0 Å². The highest BCUT2D eigenvalue weighted by atomic mass is 32.2. The van der Waals surface area contributed by atoms with Crippen LogP contribution in [0.5, 0.6) is 0 Å². The summed E-state index contributed by atoms with van der Waals surface area (Å²) in [5.74, 6) is -0.0481. The molecule has 2 atom stereocenters. The van der Waals surface area contributed by atoms with E-state index in [1.165, 1.54) is 0 Å². The smallest absolute Gasteiger partial charge is 0.297 e. The molecule has 0 spiro atoms. The van der Waals surface area contributed by atoms with Crippen molar-refractivity contribution >= 4 is 10.1 Å². The SMILES string of the molecule is [C-]#[N+]C(c1ccccc1)(c1ccccc1)C1CC[C@H](OS(=O)(=O)c2ccc(C)cc2)C1. The maximum Gasteiger partial charge on any atom is 0.297 e. The normalized spacial score (nSPS) is 19.1. The van der Waals surface area contributed by atoms with Crippen LogP contribution in [0.1, 0.15) is 36.0 Å². The van der Waals surface area contributed by atoms with Gasteiger partial charge in [0, 0.05) is 17.0 Å². The van der Waals surface area contributed by atoms with Gasteiger partial charge in [-0.1, -0.05) is 78.4 Å². The quantitative estimate of drug-likeness (QED) is 0.370. The molecular weight excluding hydrogens is 406 g/mol. The number of nitrogens with zero attached hydrogens (tertiary/aromatic N) is 1. The lowest BCUT2D eigenvalue weighted by atomic mass is 9.72. The highest BCUT2D eigenvalue weighted by Gasteiger charge is 2.52. The van der Waals surface area contributed by atoms with E-state index in [1.807, 2.05) is 67.6 Å². The van der Waals surface area contributed by atoms with Crippen molar-refractivity contribution in [3.05, 3.63) is 113 Å². The standard InChI is InChI=1S/C26H25NO3S/c1-20-13-17-25(18-14-20)31(28,29)30-24-16-15-23(19-24)26(27-2,21-9-5-3-6-10-21)22-11-7-4-8-12-22/h3-14,17-18,23-24H,15-16,19H2,1H3/t23?,24-/m0/s1. The molecule has 1 aliphatic carbocycles. The summed E-state index contributed by atoms with van der Waals surface area (Å²) in [4.78, 5) is 4.36. The van der Waals surface area contributed by atoms with Crippen LogP contribution in [-0.4, -0.2) is 14.5 Å². The minimum atomic E-state index is -3.84. The molecule has 4 rings (SSSR count). The molecule has 1 unspecified atom stereocenters. The van der Waals surface area contributed by atoms with Gasteiger partial charge in [0.1, 0.15) is 0 Å². The van der Waals surface area contributed by atoms with E-state index >= 15 is 0 Å². The summed E-state index contributed by atoms with van der Waals surface area (Å²) in [5.41, 5.74) is 1.99. The highest BCUT2D eigenvalue weighted by molar-refractivity contribution is 7.86. The third-order valence-corrected chi connectivity index (χ3v) is 7.53. The minimum Gasteiger partial charge on any atom is -0.300 e. The number of aryl methyl sites for hydroxylation is 1. The van der Waals surface area contributed by atoms with Gasteiger partial charge in [-0.3, -0.25) is 9.03 Å². The molecule has 1 aliphatic rings. The van der Waals surface area contributed by atoms with Gasteiger partial charge in [-0.15, -0.1) is 0 Å². The molecule has 0 bridgehead atoms. The summed E-state index contributed by atoms with van der Waals surface area (Å²) in [7, 11) is -3.84. The van der Waals surface area contributed by atoms with E-state index in [1.54, 1.807) is 24.3 Å². The van der Waals surface area contributed by atoms with Crippen LogP contribution in [0.2, 0.25) is 0 Å². The van der Waals surface area contributed by atoms with Crippen molar-refractivity contribution in [3.63, 3.8) is 0 Å². The molecule has 0 aliphatic heterocycles. The monoisotopic (exact) mass is 431 g/mol. The number of hydrogen-bond acceptors (Lipinski definition) is 3. The molecule has 1 saturated carbocycles. The summed E-state index contributed by atoms with van der Waals surface area (Å²) in [5, 5.41) is 0. The van der Waals surface area contributed by atoms with Crippen LogP contribution in [0.25, 0.3) is 4.85 Å². The molecule has 0 amide bonds. The zero-order chi connectivity index (χ0) is 21.9. The van der Waals surface area contributed by atoms with Crippen LogP contribution in [-0.2, 0) is 19.8 Å². The molecule has 5 heteroatoms. The molecule has 3 aromatic rings. The first-order valence-corrected chi connectivity index (χ1v) is 11.9. The largest absolute Gasteiger partial charge is 0.300 e. The number of rotatable bonds is 6. The molecule has 0 heterocycles. The summed E-state index contributed by atoms with van der Waals surface area (Å²) < 4.78 is 31.2. The first kappa shape index (κ1) is 21.3. The second-order valence-corrected chi connectivity index (χ2v) is 9.68. The van der Waals surface area contributed by atoms with Gasteiger partial charge in [0.2, 0.25) is 0 Å². The van der Waals surface area contributed by atoms with Gasteiger partial charge in [-0.25, -0.2) is 6.57 Å². The Morgan fingerprint density at radius 3 is 1.94 bits per heavy atom. The highest BCUT2D eigenvalue weighted by Crippen LogP contribution is 2.49. The molecule has 0 radical (unpaired) electrons. The van der Waals surface area contributed by atoms with E-state index in [0.29, 0.717) is 12.8 Å². The molecule has 0 N–H and O–H groups in total.